The standard InChI is InChI=1S/C14H14F4N2O2/c1-3-20-8(2)19-10-6-9(4-5-11(10)20)12(21)22-7-14(17,18)13(15)16/h4-6,13H,3,7H2,1-2H3. The lowest BCUT2D eigenvalue weighted by molar-refractivity contribution is -0.155. The van der Waals surface area contributed by atoms with Crippen molar-refractivity contribution >= 4 is 17.0 Å². The Balaban J connectivity index is 2.19. The van der Waals surface area contributed by atoms with E-state index in [1.807, 2.05) is 11.5 Å². The highest BCUT2D eigenvalue weighted by Gasteiger charge is 2.42. The molecule has 0 spiro atoms. The van der Waals surface area contributed by atoms with Crippen LogP contribution in [0, 0.1) is 6.92 Å². The largest absolute Gasteiger partial charge is 0.455 e. The maximum atomic E-state index is 12.7. The molecule has 120 valence electrons. The van der Waals surface area contributed by atoms with E-state index in [-0.39, 0.29) is 5.56 Å². The first-order valence-electron chi connectivity index (χ1n) is 6.56. The first-order chi connectivity index (χ1) is 10.3. The molecule has 0 N–H and O–H groups in total. The van der Waals surface area contributed by atoms with Crippen LogP contribution in [0.5, 0.6) is 0 Å². The van der Waals surface area contributed by atoms with E-state index in [4.69, 9.17) is 0 Å². The summed E-state index contributed by atoms with van der Waals surface area (Å²) in [7, 11) is 0. The Hall–Kier alpha value is -2.12. The second-order valence-electron chi connectivity index (χ2n) is 4.74. The maximum absolute atomic E-state index is 12.7. The number of carbonyl (C=O) groups is 1. The van der Waals surface area contributed by atoms with E-state index in [1.54, 1.807) is 13.0 Å². The summed E-state index contributed by atoms with van der Waals surface area (Å²) < 4.78 is 55.7. The van der Waals surface area contributed by atoms with Crippen LogP contribution in [0.3, 0.4) is 0 Å². The van der Waals surface area contributed by atoms with E-state index in [0.29, 0.717) is 12.1 Å². The molecule has 8 heteroatoms. The molecule has 0 aliphatic heterocycles. The number of ether oxygens (including phenoxy) is 1. The molecular weight excluding hydrogens is 304 g/mol. The maximum Gasteiger partial charge on any atom is 0.340 e. The summed E-state index contributed by atoms with van der Waals surface area (Å²) in [5.41, 5.74) is 1.28. The zero-order valence-electron chi connectivity index (χ0n) is 11.9. The number of benzene rings is 1. The Morgan fingerprint density at radius 1 is 1.41 bits per heavy atom. The van der Waals surface area contributed by atoms with Crippen LogP contribution in [0.15, 0.2) is 18.2 Å². The molecule has 0 radical (unpaired) electrons. The van der Waals surface area contributed by atoms with Crippen LogP contribution in [0.2, 0.25) is 0 Å². The second-order valence-corrected chi connectivity index (χ2v) is 4.74. The van der Waals surface area contributed by atoms with Crippen molar-refractivity contribution < 1.29 is 27.1 Å². The van der Waals surface area contributed by atoms with E-state index in [2.05, 4.69) is 9.72 Å². The number of aryl methyl sites for hydroxylation is 2. The van der Waals surface area contributed by atoms with Gasteiger partial charge in [0.25, 0.3) is 0 Å². The van der Waals surface area contributed by atoms with Gasteiger partial charge in [-0.3, -0.25) is 0 Å². The first-order valence-corrected chi connectivity index (χ1v) is 6.56. The zero-order valence-corrected chi connectivity index (χ0v) is 11.9. The molecule has 4 nitrogen and oxygen atoms in total. The van der Waals surface area contributed by atoms with Gasteiger partial charge in [0.1, 0.15) is 5.82 Å². The van der Waals surface area contributed by atoms with Crippen LogP contribution in [0.4, 0.5) is 17.6 Å². The number of fused-ring (bicyclic) bond motifs is 1. The molecule has 0 atom stereocenters. The van der Waals surface area contributed by atoms with Gasteiger partial charge in [0.05, 0.1) is 16.6 Å². The van der Waals surface area contributed by atoms with Crippen molar-refractivity contribution in [1.29, 1.82) is 0 Å². The summed E-state index contributed by atoms with van der Waals surface area (Å²) in [6.45, 7) is 2.75. The van der Waals surface area contributed by atoms with Gasteiger partial charge in [-0.25, -0.2) is 18.6 Å². The van der Waals surface area contributed by atoms with Gasteiger partial charge >= 0.3 is 18.3 Å². The SMILES string of the molecule is CCn1c(C)nc2cc(C(=O)OCC(F)(F)C(F)F)ccc21. The number of esters is 1. The highest BCUT2D eigenvalue weighted by Crippen LogP contribution is 2.24. The van der Waals surface area contributed by atoms with Crippen molar-refractivity contribution in [3.05, 3.63) is 29.6 Å². The third kappa shape index (κ3) is 3.05. The summed E-state index contributed by atoms with van der Waals surface area (Å²) in [6, 6.07) is 4.39. The minimum Gasteiger partial charge on any atom is -0.455 e. The smallest absolute Gasteiger partial charge is 0.340 e. The van der Waals surface area contributed by atoms with Gasteiger partial charge < -0.3 is 9.30 Å². The molecule has 0 aliphatic carbocycles. The molecule has 0 aliphatic rings. The molecule has 0 saturated heterocycles. The van der Waals surface area contributed by atoms with Crippen LogP contribution in [-0.2, 0) is 11.3 Å². The summed E-state index contributed by atoms with van der Waals surface area (Å²) in [5.74, 6) is -4.71. The minimum atomic E-state index is -4.36. The first kappa shape index (κ1) is 16.3. The molecule has 1 aromatic carbocycles. The number of imidazole rings is 1. The lowest BCUT2D eigenvalue weighted by atomic mass is 10.2. The molecule has 1 heterocycles. The van der Waals surface area contributed by atoms with Crippen molar-refractivity contribution in [3.8, 4) is 0 Å². The van der Waals surface area contributed by atoms with Crippen LogP contribution in [0.25, 0.3) is 11.0 Å². The normalized spacial score (nSPS) is 12.1. The second kappa shape index (κ2) is 5.94. The third-order valence-corrected chi connectivity index (χ3v) is 3.21. The third-order valence-electron chi connectivity index (χ3n) is 3.21. The Kier molecular flexibility index (Phi) is 4.39. The van der Waals surface area contributed by atoms with Crippen molar-refractivity contribution in [2.24, 2.45) is 0 Å². The molecule has 0 saturated carbocycles. The molecule has 0 fully saturated rings. The fourth-order valence-corrected chi connectivity index (χ4v) is 2.08. The predicted octanol–water partition coefficient (Wildman–Crippen LogP) is 3.42. The topological polar surface area (TPSA) is 44.1 Å². The Bertz CT molecular complexity index is 697. The van der Waals surface area contributed by atoms with Crippen molar-refractivity contribution in [3.63, 3.8) is 0 Å². The number of carbonyl (C=O) groups excluding carboxylic acids is 1. The van der Waals surface area contributed by atoms with Gasteiger partial charge in [0.2, 0.25) is 0 Å². The lowest BCUT2D eigenvalue weighted by Crippen LogP contribution is -2.33. The summed E-state index contributed by atoms with van der Waals surface area (Å²) in [4.78, 5) is 15.9. The molecule has 2 rings (SSSR count). The van der Waals surface area contributed by atoms with Crippen molar-refractivity contribution in [2.75, 3.05) is 6.61 Å². The fourth-order valence-electron chi connectivity index (χ4n) is 2.08. The Morgan fingerprint density at radius 3 is 2.68 bits per heavy atom. The average molecular weight is 318 g/mol. The number of halogens is 4. The van der Waals surface area contributed by atoms with Gasteiger partial charge in [0, 0.05) is 6.54 Å². The van der Waals surface area contributed by atoms with Gasteiger partial charge in [-0.05, 0) is 32.0 Å². The van der Waals surface area contributed by atoms with Crippen LogP contribution in [-0.4, -0.2) is 34.5 Å². The van der Waals surface area contributed by atoms with E-state index < -0.39 is 24.9 Å². The Labute approximate surface area is 123 Å². The monoisotopic (exact) mass is 318 g/mol. The van der Waals surface area contributed by atoms with E-state index in [1.165, 1.54) is 12.1 Å². The predicted molar refractivity (Wildman–Crippen MR) is 71.4 cm³/mol. The van der Waals surface area contributed by atoms with E-state index in [9.17, 15) is 22.4 Å². The van der Waals surface area contributed by atoms with E-state index >= 15 is 0 Å². The zero-order chi connectivity index (χ0) is 16.5. The number of alkyl halides is 4. The molecule has 0 amide bonds. The van der Waals surface area contributed by atoms with Crippen molar-refractivity contribution in [1.82, 2.24) is 9.55 Å². The van der Waals surface area contributed by atoms with Gasteiger partial charge in [0.15, 0.2) is 6.61 Å². The van der Waals surface area contributed by atoms with Gasteiger partial charge in [-0.1, -0.05) is 0 Å². The summed E-state index contributed by atoms with van der Waals surface area (Å²) in [5, 5.41) is 0. The quantitative estimate of drug-likeness (QED) is 0.627. The number of rotatable bonds is 5. The fraction of sp³-hybridized carbons (Fsp3) is 0.429. The highest BCUT2D eigenvalue weighted by atomic mass is 19.3. The molecule has 1 aromatic heterocycles. The van der Waals surface area contributed by atoms with Crippen LogP contribution >= 0.6 is 0 Å². The number of nitrogens with zero attached hydrogens (tertiary/aromatic N) is 2. The van der Waals surface area contributed by atoms with Gasteiger partial charge in [-0.2, -0.15) is 8.78 Å². The lowest BCUT2D eigenvalue weighted by Gasteiger charge is -2.14. The van der Waals surface area contributed by atoms with Gasteiger partial charge in [-0.15, -0.1) is 0 Å². The van der Waals surface area contributed by atoms with Crippen molar-refractivity contribution in [2.45, 2.75) is 32.7 Å². The summed E-state index contributed by atoms with van der Waals surface area (Å²) >= 11 is 0. The molecule has 22 heavy (non-hydrogen) atoms. The molecule has 2 aromatic rings. The molecular formula is C14H14F4N2O2. The number of hydrogen-bond acceptors (Lipinski definition) is 3. The molecule has 0 unspecified atom stereocenters. The average Bonchev–Trinajstić information content (AvgIpc) is 2.78. The van der Waals surface area contributed by atoms with Crippen LogP contribution in [0.1, 0.15) is 23.1 Å². The van der Waals surface area contributed by atoms with E-state index in [0.717, 1.165) is 11.3 Å². The summed E-state index contributed by atoms with van der Waals surface area (Å²) in [6.07, 6.45) is -3.88. The molecule has 0 bridgehead atoms. The van der Waals surface area contributed by atoms with Crippen LogP contribution < -0.4 is 0 Å². The Morgan fingerprint density at radius 2 is 2.09 bits per heavy atom. The highest BCUT2D eigenvalue weighted by molar-refractivity contribution is 5.93. The minimum absolute atomic E-state index is 0.0154. The number of hydrogen-bond donors (Lipinski definition) is 0. The number of aromatic nitrogens is 2.